The number of allylic oxidation sites excluding steroid dienone is 1. The highest BCUT2D eigenvalue weighted by molar-refractivity contribution is 7.99. The predicted molar refractivity (Wildman–Crippen MR) is 105 cm³/mol. The molecule has 0 radical (unpaired) electrons. The van der Waals surface area contributed by atoms with Gasteiger partial charge in [0, 0.05) is 11.3 Å². The van der Waals surface area contributed by atoms with Crippen LogP contribution >= 0.6 is 11.8 Å². The van der Waals surface area contributed by atoms with Gasteiger partial charge in [0.1, 0.15) is 11.8 Å². The van der Waals surface area contributed by atoms with E-state index in [1.54, 1.807) is 23.6 Å². The molecule has 1 aromatic carbocycles. The summed E-state index contributed by atoms with van der Waals surface area (Å²) >= 11 is 1.55. The maximum atomic E-state index is 12.9. The Morgan fingerprint density at radius 2 is 2.11 bits per heavy atom. The number of benzene rings is 1. The molecule has 27 heavy (non-hydrogen) atoms. The number of thioether (sulfide) groups is 1. The van der Waals surface area contributed by atoms with Crippen molar-refractivity contribution in [1.82, 2.24) is 14.8 Å². The number of carbonyl (C=O) groups excluding carboxylic acids is 1. The fourth-order valence-corrected chi connectivity index (χ4v) is 3.60. The first kappa shape index (κ1) is 19.3. The van der Waals surface area contributed by atoms with Gasteiger partial charge < -0.3 is 14.8 Å². The first-order valence-electron chi connectivity index (χ1n) is 8.87. The molecule has 1 aromatic heterocycles. The van der Waals surface area contributed by atoms with Crippen molar-refractivity contribution in [3.05, 3.63) is 41.1 Å². The van der Waals surface area contributed by atoms with Gasteiger partial charge in [-0.05, 0) is 32.6 Å². The lowest BCUT2D eigenvalue weighted by molar-refractivity contribution is -0.143. The quantitative estimate of drug-likeness (QED) is 0.598. The van der Waals surface area contributed by atoms with Crippen molar-refractivity contribution < 1.29 is 14.3 Å². The average molecular weight is 388 g/mol. The van der Waals surface area contributed by atoms with Crippen LogP contribution < -0.4 is 10.1 Å². The molecule has 1 aliphatic heterocycles. The van der Waals surface area contributed by atoms with Crippen LogP contribution in [-0.2, 0) is 9.53 Å². The number of aromatic nitrogens is 3. The van der Waals surface area contributed by atoms with E-state index in [1.807, 2.05) is 52.0 Å². The number of nitrogens with one attached hydrogen (secondary N) is 1. The van der Waals surface area contributed by atoms with Gasteiger partial charge in [0.05, 0.1) is 18.8 Å². The van der Waals surface area contributed by atoms with Gasteiger partial charge in [0.25, 0.3) is 0 Å². The van der Waals surface area contributed by atoms with E-state index in [9.17, 15) is 4.79 Å². The van der Waals surface area contributed by atoms with Crippen LogP contribution in [-0.4, -0.2) is 39.7 Å². The fraction of sp³-hybridized carbons (Fsp3) is 0.421. The van der Waals surface area contributed by atoms with E-state index in [0.29, 0.717) is 28.1 Å². The maximum absolute atomic E-state index is 12.9. The number of ether oxygens (including phenoxy) is 2. The number of anilines is 1. The smallest absolute Gasteiger partial charge is 0.338 e. The molecular formula is C19H24N4O3S. The fourth-order valence-electron chi connectivity index (χ4n) is 3.04. The number of nitrogens with zero attached hydrogens (tertiary/aromatic N) is 3. The molecule has 3 rings (SSSR count). The summed E-state index contributed by atoms with van der Waals surface area (Å²) in [5.74, 6) is 1.76. The Morgan fingerprint density at radius 3 is 2.78 bits per heavy atom. The average Bonchev–Trinajstić information content (AvgIpc) is 3.02. The number of hydrogen-bond acceptors (Lipinski definition) is 7. The Morgan fingerprint density at radius 1 is 1.37 bits per heavy atom. The lowest BCUT2D eigenvalue weighted by atomic mass is 9.95. The number of fused-ring (bicyclic) bond motifs is 1. The first-order chi connectivity index (χ1) is 13.0. The molecular weight excluding hydrogens is 364 g/mol. The minimum Gasteiger partial charge on any atom is -0.496 e. The van der Waals surface area contributed by atoms with E-state index in [2.05, 4.69) is 15.4 Å². The molecule has 0 fully saturated rings. The van der Waals surface area contributed by atoms with Gasteiger partial charge in [-0.25, -0.2) is 9.48 Å². The van der Waals surface area contributed by atoms with Gasteiger partial charge in [-0.15, -0.1) is 5.10 Å². The Kier molecular flexibility index (Phi) is 5.74. The topological polar surface area (TPSA) is 78.3 Å². The van der Waals surface area contributed by atoms with Crippen LogP contribution in [0.3, 0.4) is 0 Å². The molecule has 144 valence electrons. The summed E-state index contributed by atoms with van der Waals surface area (Å²) in [5, 5.41) is 8.48. The SMILES string of the molecule is CCSc1nc2n(n1)C(c1ccccc1OC)C(C(=O)OC(C)C)=C(C)N2. The molecule has 2 heterocycles. The molecule has 1 unspecified atom stereocenters. The predicted octanol–water partition coefficient (Wildman–Crippen LogP) is 3.64. The maximum Gasteiger partial charge on any atom is 0.338 e. The molecule has 0 bridgehead atoms. The number of carbonyl (C=O) groups is 1. The lowest BCUT2D eigenvalue weighted by Gasteiger charge is -2.29. The van der Waals surface area contributed by atoms with E-state index in [0.717, 1.165) is 11.3 Å². The summed E-state index contributed by atoms with van der Waals surface area (Å²) in [6.07, 6.45) is -0.223. The number of para-hydroxylation sites is 1. The minimum atomic E-state index is -0.484. The molecule has 0 amide bonds. The molecule has 0 spiro atoms. The van der Waals surface area contributed by atoms with Gasteiger partial charge >= 0.3 is 5.97 Å². The highest BCUT2D eigenvalue weighted by atomic mass is 32.2. The highest BCUT2D eigenvalue weighted by Crippen LogP contribution is 2.40. The molecule has 0 aliphatic carbocycles. The zero-order chi connectivity index (χ0) is 19.6. The summed E-state index contributed by atoms with van der Waals surface area (Å²) in [6, 6.07) is 7.13. The van der Waals surface area contributed by atoms with Crippen molar-refractivity contribution in [2.45, 2.75) is 45.0 Å². The second-order valence-corrected chi connectivity index (χ2v) is 7.59. The van der Waals surface area contributed by atoms with Gasteiger partial charge in [0.2, 0.25) is 11.1 Å². The standard InChI is InChI=1S/C19H24N4O3S/c1-6-27-19-21-18-20-12(4)15(17(24)26-11(2)3)16(23(18)22-19)13-9-7-8-10-14(13)25-5/h7-11,16H,6H2,1-5H3,(H,20,21,22). The van der Waals surface area contributed by atoms with Crippen LogP contribution in [0.15, 0.2) is 40.7 Å². The molecule has 1 N–H and O–H groups in total. The van der Waals surface area contributed by atoms with Gasteiger partial charge in [-0.1, -0.05) is 36.9 Å². The summed E-state index contributed by atoms with van der Waals surface area (Å²) in [5.41, 5.74) is 2.03. The molecule has 1 atom stereocenters. The van der Waals surface area contributed by atoms with E-state index in [1.165, 1.54) is 0 Å². The molecule has 1 aliphatic rings. The Balaban J connectivity index is 2.17. The Bertz CT molecular complexity index is 876. The third kappa shape index (κ3) is 3.80. The van der Waals surface area contributed by atoms with E-state index < -0.39 is 6.04 Å². The molecule has 2 aromatic rings. The van der Waals surface area contributed by atoms with Crippen LogP contribution in [0.5, 0.6) is 5.75 Å². The first-order valence-corrected chi connectivity index (χ1v) is 9.85. The zero-order valence-electron chi connectivity index (χ0n) is 16.1. The summed E-state index contributed by atoms with van der Waals surface area (Å²) < 4.78 is 12.8. The zero-order valence-corrected chi connectivity index (χ0v) is 17.0. The molecule has 0 saturated heterocycles. The van der Waals surface area contributed by atoms with E-state index in [-0.39, 0.29) is 12.1 Å². The second-order valence-electron chi connectivity index (χ2n) is 6.36. The second kappa shape index (κ2) is 8.04. The van der Waals surface area contributed by atoms with Crippen LogP contribution in [0.1, 0.15) is 39.3 Å². The normalized spacial score (nSPS) is 16.1. The van der Waals surface area contributed by atoms with Crippen LogP contribution in [0.2, 0.25) is 0 Å². The number of methoxy groups -OCH3 is 1. The molecule has 0 saturated carbocycles. The molecule has 7 nitrogen and oxygen atoms in total. The number of hydrogen-bond donors (Lipinski definition) is 1. The van der Waals surface area contributed by atoms with E-state index >= 15 is 0 Å². The van der Waals surface area contributed by atoms with Crippen LogP contribution in [0.4, 0.5) is 5.95 Å². The number of esters is 1. The van der Waals surface area contributed by atoms with Crippen molar-refractivity contribution in [2.24, 2.45) is 0 Å². The summed E-state index contributed by atoms with van der Waals surface area (Å²) in [7, 11) is 1.61. The van der Waals surface area contributed by atoms with Crippen molar-refractivity contribution in [3.8, 4) is 5.75 Å². The van der Waals surface area contributed by atoms with Gasteiger partial charge in [-0.3, -0.25) is 0 Å². The Hall–Kier alpha value is -2.48. The third-order valence-electron chi connectivity index (χ3n) is 4.10. The van der Waals surface area contributed by atoms with Crippen molar-refractivity contribution in [2.75, 3.05) is 18.2 Å². The van der Waals surface area contributed by atoms with Gasteiger partial charge in [0.15, 0.2) is 0 Å². The molecule has 8 heteroatoms. The van der Waals surface area contributed by atoms with Crippen molar-refractivity contribution in [3.63, 3.8) is 0 Å². The van der Waals surface area contributed by atoms with E-state index in [4.69, 9.17) is 9.47 Å². The Labute approximate surface area is 163 Å². The third-order valence-corrected chi connectivity index (χ3v) is 4.82. The minimum absolute atomic E-state index is 0.223. The van der Waals surface area contributed by atoms with Crippen molar-refractivity contribution >= 4 is 23.7 Å². The van der Waals surface area contributed by atoms with Gasteiger partial charge in [-0.2, -0.15) is 4.98 Å². The largest absolute Gasteiger partial charge is 0.496 e. The van der Waals surface area contributed by atoms with Crippen LogP contribution in [0, 0.1) is 0 Å². The van der Waals surface area contributed by atoms with Crippen molar-refractivity contribution in [1.29, 1.82) is 0 Å². The lowest BCUT2D eigenvalue weighted by Crippen LogP contribution is -2.30. The summed E-state index contributed by atoms with van der Waals surface area (Å²) in [4.78, 5) is 17.5. The monoisotopic (exact) mass is 388 g/mol. The highest BCUT2D eigenvalue weighted by Gasteiger charge is 2.36. The van der Waals surface area contributed by atoms with Crippen LogP contribution in [0.25, 0.3) is 0 Å². The summed E-state index contributed by atoms with van der Waals surface area (Å²) in [6.45, 7) is 7.56. The number of rotatable bonds is 6.